The molecule has 24 heavy (non-hydrogen) atoms. The molecular weight excluding hydrogens is 304 g/mol. The minimum Gasteiger partial charge on any atom is -0.480 e. The highest BCUT2D eigenvalue weighted by molar-refractivity contribution is 5.74. The molecule has 1 N–H and O–H groups in total. The number of nitrogens with one attached hydrogen (secondary N) is 1. The van der Waals surface area contributed by atoms with Crippen molar-refractivity contribution in [2.24, 2.45) is 0 Å². The molecule has 6 nitrogen and oxygen atoms in total. The quantitative estimate of drug-likeness (QED) is 0.471. The first-order valence-corrected chi connectivity index (χ1v) is 8.03. The topological polar surface area (TPSA) is 80.1 Å². The van der Waals surface area contributed by atoms with Crippen LogP contribution in [0.3, 0.4) is 0 Å². The number of ether oxygens (including phenoxy) is 2. The second-order valence-electron chi connectivity index (χ2n) is 5.20. The van der Waals surface area contributed by atoms with Crippen LogP contribution in [0, 0.1) is 11.3 Å². The standard InChI is InChI=1S/C18H22N4O2/c1-3-5-14(17-6-9-21-18(22-17)20-4-2)12-16(13-19)24-15-7-10-23-11-8-15/h3,5-6,9,12,15H,1,4,7-8,10-11H2,2H3,(H,20,21,22)/b14-5+,16-12-. The third-order valence-corrected chi connectivity index (χ3v) is 3.44. The summed E-state index contributed by atoms with van der Waals surface area (Å²) in [4.78, 5) is 8.61. The van der Waals surface area contributed by atoms with E-state index < -0.39 is 0 Å². The van der Waals surface area contributed by atoms with Crippen molar-refractivity contribution in [3.63, 3.8) is 0 Å². The Balaban J connectivity index is 2.22. The van der Waals surface area contributed by atoms with E-state index in [2.05, 4.69) is 27.9 Å². The third-order valence-electron chi connectivity index (χ3n) is 3.44. The fraction of sp³-hybridized carbons (Fsp3) is 0.389. The number of rotatable bonds is 7. The molecule has 0 unspecified atom stereocenters. The summed E-state index contributed by atoms with van der Waals surface area (Å²) in [7, 11) is 0. The summed E-state index contributed by atoms with van der Waals surface area (Å²) in [6.45, 7) is 7.77. The van der Waals surface area contributed by atoms with Gasteiger partial charge >= 0.3 is 0 Å². The molecule has 1 aromatic heterocycles. The molecule has 0 radical (unpaired) electrons. The highest BCUT2D eigenvalue weighted by Gasteiger charge is 2.16. The lowest BCUT2D eigenvalue weighted by atomic mass is 10.1. The van der Waals surface area contributed by atoms with Crippen molar-refractivity contribution in [3.05, 3.63) is 48.5 Å². The van der Waals surface area contributed by atoms with Crippen LogP contribution in [0.4, 0.5) is 5.95 Å². The highest BCUT2D eigenvalue weighted by atomic mass is 16.5. The van der Waals surface area contributed by atoms with Gasteiger partial charge in [0.05, 0.1) is 18.9 Å². The number of hydrogen-bond acceptors (Lipinski definition) is 6. The first-order valence-electron chi connectivity index (χ1n) is 8.03. The molecule has 0 aromatic carbocycles. The van der Waals surface area contributed by atoms with Crippen LogP contribution < -0.4 is 5.32 Å². The number of nitrogens with zero attached hydrogens (tertiary/aromatic N) is 3. The zero-order chi connectivity index (χ0) is 17.2. The van der Waals surface area contributed by atoms with Crippen molar-refractivity contribution in [1.29, 1.82) is 5.26 Å². The Morgan fingerprint density at radius 1 is 1.54 bits per heavy atom. The number of nitriles is 1. The summed E-state index contributed by atoms with van der Waals surface area (Å²) in [6, 6.07) is 3.90. The van der Waals surface area contributed by atoms with Gasteiger partial charge in [-0.15, -0.1) is 0 Å². The van der Waals surface area contributed by atoms with Crippen molar-refractivity contribution in [2.45, 2.75) is 25.9 Å². The second kappa shape index (κ2) is 9.48. The van der Waals surface area contributed by atoms with E-state index in [0.29, 0.717) is 24.9 Å². The lowest BCUT2D eigenvalue weighted by Crippen LogP contribution is -2.23. The maximum absolute atomic E-state index is 9.39. The van der Waals surface area contributed by atoms with Gasteiger partial charge in [-0.2, -0.15) is 5.26 Å². The summed E-state index contributed by atoms with van der Waals surface area (Å²) < 4.78 is 11.1. The van der Waals surface area contributed by atoms with Crippen molar-refractivity contribution in [2.75, 3.05) is 25.1 Å². The highest BCUT2D eigenvalue weighted by Crippen LogP contribution is 2.20. The first-order chi connectivity index (χ1) is 11.8. The molecule has 0 aliphatic carbocycles. The van der Waals surface area contributed by atoms with E-state index in [4.69, 9.17) is 9.47 Å². The molecule has 0 atom stereocenters. The van der Waals surface area contributed by atoms with Crippen LogP contribution in [0.1, 0.15) is 25.5 Å². The molecule has 1 saturated heterocycles. The van der Waals surface area contributed by atoms with Crippen LogP contribution in [0.5, 0.6) is 0 Å². The lowest BCUT2D eigenvalue weighted by Gasteiger charge is -2.22. The Morgan fingerprint density at radius 3 is 3.00 bits per heavy atom. The molecule has 2 rings (SSSR count). The Kier molecular flexibility index (Phi) is 6.99. The van der Waals surface area contributed by atoms with Crippen molar-refractivity contribution >= 4 is 11.5 Å². The molecule has 0 amide bonds. The van der Waals surface area contributed by atoms with Gasteiger partial charge in [0.2, 0.25) is 5.95 Å². The zero-order valence-corrected chi connectivity index (χ0v) is 13.9. The SMILES string of the molecule is C=C/C=C(\C=C(\C#N)OC1CCOCC1)c1ccnc(NCC)n1. The van der Waals surface area contributed by atoms with Gasteiger partial charge < -0.3 is 14.8 Å². The van der Waals surface area contributed by atoms with Crippen molar-refractivity contribution in [3.8, 4) is 6.07 Å². The summed E-state index contributed by atoms with van der Waals surface area (Å²) in [5, 5.41) is 12.5. The molecule has 0 saturated carbocycles. The predicted octanol–water partition coefficient (Wildman–Crippen LogP) is 3.08. The normalized spacial score (nSPS) is 16.3. The van der Waals surface area contributed by atoms with Crippen LogP contribution >= 0.6 is 0 Å². The molecule has 0 spiro atoms. The Morgan fingerprint density at radius 2 is 2.33 bits per heavy atom. The van der Waals surface area contributed by atoms with Gasteiger partial charge in [-0.3, -0.25) is 0 Å². The van der Waals surface area contributed by atoms with Crippen LogP contribution in [0.15, 0.2) is 42.8 Å². The van der Waals surface area contributed by atoms with Crippen LogP contribution in [0.25, 0.3) is 5.57 Å². The van der Waals surface area contributed by atoms with Gasteiger partial charge in [0, 0.05) is 37.2 Å². The Bertz CT molecular complexity index is 655. The van der Waals surface area contributed by atoms with E-state index in [1.807, 2.05) is 6.92 Å². The Hall–Kier alpha value is -2.65. The summed E-state index contributed by atoms with van der Waals surface area (Å²) in [5.74, 6) is 0.806. The Labute approximate surface area is 142 Å². The van der Waals surface area contributed by atoms with Crippen LogP contribution in [-0.2, 0) is 9.47 Å². The third kappa shape index (κ3) is 5.21. The monoisotopic (exact) mass is 326 g/mol. The molecule has 1 fully saturated rings. The largest absolute Gasteiger partial charge is 0.480 e. The zero-order valence-electron chi connectivity index (χ0n) is 13.9. The van der Waals surface area contributed by atoms with Crippen molar-refractivity contribution < 1.29 is 9.47 Å². The van der Waals surface area contributed by atoms with Gasteiger partial charge in [0.25, 0.3) is 0 Å². The molecule has 0 bridgehead atoms. The van der Waals surface area contributed by atoms with Gasteiger partial charge in [-0.25, -0.2) is 9.97 Å². The van der Waals surface area contributed by atoms with Gasteiger partial charge in [0.1, 0.15) is 12.2 Å². The van der Waals surface area contributed by atoms with E-state index in [-0.39, 0.29) is 11.9 Å². The molecule has 2 heterocycles. The van der Waals surface area contributed by atoms with Crippen LogP contribution in [-0.4, -0.2) is 35.8 Å². The number of anilines is 1. The molecule has 1 aliphatic rings. The van der Waals surface area contributed by atoms with Gasteiger partial charge in [0.15, 0.2) is 5.76 Å². The fourth-order valence-electron chi connectivity index (χ4n) is 2.30. The summed E-state index contributed by atoms with van der Waals surface area (Å²) in [5.41, 5.74) is 1.44. The summed E-state index contributed by atoms with van der Waals surface area (Å²) in [6.07, 6.45) is 8.41. The van der Waals surface area contributed by atoms with E-state index in [1.165, 1.54) is 0 Å². The molecule has 1 aliphatic heterocycles. The summed E-state index contributed by atoms with van der Waals surface area (Å²) >= 11 is 0. The van der Waals surface area contributed by atoms with Crippen LogP contribution in [0.2, 0.25) is 0 Å². The maximum atomic E-state index is 9.39. The lowest BCUT2D eigenvalue weighted by molar-refractivity contribution is 0.0000803. The number of aromatic nitrogens is 2. The van der Waals surface area contributed by atoms with E-state index in [1.54, 1.807) is 30.5 Å². The second-order valence-corrected chi connectivity index (χ2v) is 5.20. The van der Waals surface area contributed by atoms with Gasteiger partial charge in [-0.05, 0) is 13.0 Å². The maximum Gasteiger partial charge on any atom is 0.223 e. The van der Waals surface area contributed by atoms with Gasteiger partial charge in [-0.1, -0.05) is 18.7 Å². The minimum atomic E-state index is 0.0114. The number of allylic oxidation sites excluding steroid dienone is 5. The average molecular weight is 326 g/mol. The predicted molar refractivity (Wildman–Crippen MR) is 93.0 cm³/mol. The fourth-order valence-corrected chi connectivity index (χ4v) is 2.30. The number of hydrogen-bond donors (Lipinski definition) is 1. The molecule has 6 heteroatoms. The molecule has 126 valence electrons. The van der Waals surface area contributed by atoms with Crippen molar-refractivity contribution in [1.82, 2.24) is 9.97 Å². The smallest absolute Gasteiger partial charge is 0.223 e. The molecular formula is C18H22N4O2. The first kappa shape index (κ1) is 17.7. The minimum absolute atomic E-state index is 0.0114. The average Bonchev–Trinajstić information content (AvgIpc) is 2.62. The molecule has 1 aromatic rings. The van der Waals surface area contributed by atoms with E-state index in [0.717, 1.165) is 25.0 Å². The van der Waals surface area contributed by atoms with E-state index >= 15 is 0 Å². The van der Waals surface area contributed by atoms with E-state index in [9.17, 15) is 5.26 Å².